The summed E-state index contributed by atoms with van der Waals surface area (Å²) in [5.74, 6) is 0.809. The molecule has 0 spiro atoms. The number of methoxy groups -OCH3 is 1. The average molecular weight is 281 g/mol. The molecule has 112 valence electrons. The zero-order chi connectivity index (χ0) is 14.4. The van der Waals surface area contributed by atoms with Crippen molar-refractivity contribution in [2.75, 3.05) is 19.5 Å². The quantitative estimate of drug-likeness (QED) is 0.861. The van der Waals surface area contributed by atoms with Crippen LogP contribution in [-0.4, -0.2) is 35.9 Å². The Labute approximate surface area is 119 Å². The number of aromatic nitrogens is 2. The number of ether oxygens (including phenoxy) is 3. The first-order chi connectivity index (χ1) is 9.74. The van der Waals surface area contributed by atoms with Gasteiger partial charge in [-0.3, -0.25) is 0 Å². The van der Waals surface area contributed by atoms with Crippen LogP contribution in [-0.2, 0) is 4.74 Å². The molecular formula is C14H23N3O3. The molecule has 0 radical (unpaired) electrons. The van der Waals surface area contributed by atoms with Crippen molar-refractivity contribution in [3.8, 4) is 11.8 Å². The maximum Gasteiger partial charge on any atom is 0.244 e. The lowest BCUT2D eigenvalue weighted by Gasteiger charge is -2.28. The van der Waals surface area contributed by atoms with Gasteiger partial charge >= 0.3 is 0 Å². The Morgan fingerprint density at radius 1 is 1.25 bits per heavy atom. The highest BCUT2D eigenvalue weighted by Gasteiger charge is 2.24. The minimum Gasteiger partial charge on any atom is -0.476 e. The topological polar surface area (TPSA) is 79.5 Å². The second-order valence-electron chi connectivity index (χ2n) is 5.01. The Morgan fingerprint density at radius 3 is 2.75 bits per heavy atom. The Kier molecular flexibility index (Phi) is 5.40. The molecule has 1 saturated carbocycles. The van der Waals surface area contributed by atoms with E-state index in [1.807, 2.05) is 6.92 Å². The van der Waals surface area contributed by atoms with E-state index in [4.69, 9.17) is 19.9 Å². The maximum atomic E-state index is 6.00. The van der Waals surface area contributed by atoms with Crippen molar-refractivity contribution < 1.29 is 14.2 Å². The first-order valence-corrected chi connectivity index (χ1v) is 7.17. The number of nitrogens with two attached hydrogens (primary N) is 1. The van der Waals surface area contributed by atoms with Crippen molar-refractivity contribution in [1.29, 1.82) is 0 Å². The van der Waals surface area contributed by atoms with Crippen molar-refractivity contribution in [1.82, 2.24) is 9.97 Å². The molecule has 20 heavy (non-hydrogen) atoms. The van der Waals surface area contributed by atoms with Crippen molar-refractivity contribution in [3.05, 3.63) is 6.33 Å². The van der Waals surface area contributed by atoms with Gasteiger partial charge in [0.2, 0.25) is 11.8 Å². The Balaban J connectivity index is 2.01. The van der Waals surface area contributed by atoms with Gasteiger partial charge in [0.25, 0.3) is 0 Å². The third kappa shape index (κ3) is 3.72. The molecular weight excluding hydrogens is 258 g/mol. The van der Waals surface area contributed by atoms with Crippen molar-refractivity contribution in [3.63, 3.8) is 0 Å². The van der Waals surface area contributed by atoms with E-state index in [0.717, 1.165) is 32.1 Å². The third-order valence-electron chi connectivity index (χ3n) is 3.44. The first kappa shape index (κ1) is 14.8. The fourth-order valence-corrected chi connectivity index (χ4v) is 2.35. The summed E-state index contributed by atoms with van der Waals surface area (Å²) in [7, 11) is 1.74. The van der Waals surface area contributed by atoms with E-state index in [1.54, 1.807) is 7.11 Å². The monoisotopic (exact) mass is 281 g/mol. The molecule has 0 bridgehead atoms. The van der Waals surface area contributed by atoms with E-state index >= 15 is 0 Å². The van der Waals surface area contributed by atoms with Gasteiger partial charge in [0.15, 0.2) is 5.69 Å². The molecule has 1 aromatic heterocycles. The van der Waals surface area contributed by atoms with Gasteiger partial charge in [-0.05, 0) is 25.7 Å². The highest BCUT2D eigenvalue weighted by atomic mass is 16.5. The SMILES string of the molecule is CCCOc1ncnc(OC2CCCC(OC)C2)c1N. The van der Waals surface area contributed by atoms with Gasteiger partial charge in [0.05, 0.1) is 12.7 Å². The van der Waals surface area contributed by atoms with Crippen LogP contribution in [0.2, 0.25) is 0 Å². The zero-order valence-electron chi connectivity index (χ0n) is 12.2. The highest BCUT2D eigenvalue weighted by molar-refractivity contribution is 5.55. The molecule has 6 heteroatoms. The van der Waals surface area contributed by atoms with Crippen LogP contribution in [0.1, 0.15) is 39.0 Å². The Morgan fingerprint density at radius 2 is 2.00 bits per heavy atom. The fourth-order valence-electron chi connectivity index (χ4n) is 2.35. The van der Waals surface area contributed by atoms with Crippen LogP contribution in [0.3, 0.4) is 0 Å². The van der Waals surface area contributed by atoms with E-state index in [9.17, 15) is 0 Å². The first-order valence-electron chi connectivity index (χ1n) is 7.17. The predicted octanol–water partition coefficient (Wildman–Crippen LogP) is 2.18. The summed E-state index contributed by atoms with van der Waals surface area (Å²) in [6, 6.07) is 0. The molecule has 0 aromatic carbocycles. The van der Waals surface area contributed by atoms with Gasteiger partial charge in [-0.15, -0.1) is 0 Å². The van der Waals surface area contributed by atoms with E-state index in [2.05, 4.69) is 9.97 Å². The van der Waals surface area contributed by atoms with E-state index in [0.29, 0.717) is 24.1 Å². The molecule has 1 aliphatic rings. The number of rotatable bonds is 6. The van der Waals surface area contributed by atoms with Gasteiger partial charge in [0.1, 0.15) is 12.4 Å². The molecule has 2 atom stereocenters. The Hall–Kier alpha value is -1.56. The van der Waals surface area contributed by atoms with E-state index < -0.39 is 0 Å². The number of nitrogen functional groups attached to an aromatic ring is 1. The zero-order valence-corrected chi connectivity index (χ0v) is 12.2. The lowest BCUT2D eigenvalue weighted by molar-refractivity contribution is 0.0196. The fraction of sp³-hybridized carbons (Fsp3) is 0.714. The number of hydrogen-bond acceptors (Lipinski definition) is 6. The van der Waals surface area contributed by atoms with Crippen LogP contribution >= 0.6 is 0 Å². The molecule has 0 saturated heterocycles. The Bertz CT molecular complexity index is 428. The van der Waals surface area contributed by atoms with Crippen molar-refractivity contribution in [2.45, 2.75) is 51.2 Å². The lowest BCUT2D eigenvalue weighted by Crippen LogP contribution is -2.30. The highest BCUT2D eigenvalue weighted by Crippen LogP contribution is 2.30. The molecule has 2 N–H and O–H groups in total. The lowest BCUT2D eigenvalue weighted by atomic mass is 9.95. The van der Waals surface area contributed by atoms with Gasteiger partial charge in [-0.1, -0.05) is 6.92 Å². The molecule has 2 rings (SSSR count). The normalized spacial score (nSPS) is 22.5. The van der Waals surface area contributed by atoms with Crippen LogP contribution < -0.4 is 15.2 Å². The smallest absolute Gasteiger partial charge is 0.244 e. The predicted molar refractivity (Wildman–Crippen MR) is 75.9 cm³/mol. The summed E-state index contributed by atoms with van der Waals surface area (Å²) in [6.45, 7) is 2.61. The summed E-state index contributed by atoms with van der Waals surface area (Å²) in [6.07, 6.45) is 6.70. The van der Waals surface area contributed by atoms with Crippen molar-refractivity contribution >= 4 is 5.69 Å². The largest absolute Gasteiger partial charge is 0.476 e. The molecule has 1 heterocycles. The minimum absolute atomic E-state index is 0.0879. The summed E-state index contributed by atoms with van der Waals surface area (Å²) < 4.78 is 16.8. The van der Waals surface area contributed by atoms with Crippen LogP contribution in [0.4, 0.5) is 5.69 Å². The van der Waals surface area contributed by atoms with Crippen molar-refractivity contribution in [2.24, 2.45) is 0 Å². The average Bonchev–Trinajstić information content (AvgIpc) is 2.48. The minimum atomic E-state index is 0.0879. The van der Waals surface area contributed by atoms with Crippen LogP contribution in [0.5, 0.6) is 11.8 Å². The molecule has 6 nitrogen and oxygen atoms in total. The second-order valence-corrected chi connectivity index (χ2v) is 5.01. The molecule has 1 aliphatic carbocycles. The van der Waals surface area contributed by atoms with E-state index in [-0.39, 0.29) is 12.2 Å². The molecule has 0 aliphatic heterocycles. The van der Waals surface area contributed by atoms with Gasteiger partial charge < -0.3 is 19.9 Å². The van der Waals surface area contributed by atoms with Gasteiger partial charge in [-0.25, -0.2) is 0 Å². The molecule has 1 fully saturated rings. The van der Waals surface area contributed by atoms with Crippen LogP contribution in [0, 0.1) is 0 Å². The van der Waals surface area contributed by atoms with Gasteiger partial charge in [0, 0.05) is 13.5 Å². The summed E-state index contributed by atoms with van der Waals surface area (Å²) in [4.78, 5) is 8.15. The second kappa shape index (κ2) is 7.28. The summed E-state index contributed by atoms with van der Waals surface area (Å²) in [5.41, 5.74) is 6.38. The number of nitrogens with zero attached hydrogens (tertiary/aromatic N) is 2. The van der Waals surface area contributed by atoms with Crippen LogP contribution in [0.15, 0.2) is 6.33 Å². The van der Waals surface area contributed by atoms with E-state index in [1.165, 1.54) is 6.33 Å². The summed E-state index contributed by atoms with van der Waals surface area (Å²) in [5, 5.41) is 0. The molecule has 2 unspecified atom stereocenters. The maximum absolute atomic E-state index is 6.00. The van der Waals surface area contributed by atoms with Crippen LogP contribution in [0.25, 0.3) is 0 Å². The number of anilines is 1. The standard InChI is InChI=1S/C14H23N3O3/c1-3-7-19-13-12(15)14(17-9-16-13)20-11-6-4-5-10(8-11)18-2/h9-11H,3-8,15H2,1-2H3. The van der Waals surface area contributed by atoms with Gasteiger partial charge in [-0.2, -0.15) is 9.97 Å². The summed E-state index contributed by atoms with van der Waals surface area (Å²) >= 11 is 0. The third-order valence-corrected chi connectivity index (χ3v) is 3.44. The molecule has 1 aromatic rings. The molecule has 0 amide bonds. The number of hydrogen-bond donors (Lipinski definition) is 1.